The summed E-state index contributed by atoms with van der Waals surface area (Å²) in [6, 6.07) is 0. The molecule has 20 heavy (non-hydrogen) atoms. The van der Waals surface area contributed by atoms with E-state index in [4.69, 9.17) is 0 Å². The van der Waals surface area contributed by atoms with E-state index in [9.17, 15) is 13.2 Å². The summed E-state index contributed by atoms with van der Waals surface area (Å²) in [6.07, 6.45) is 10.7. The molecule has 4 nitrogen and oxygen atoms in total. The van der Waals surface area contributed by atoms with Gasteiger partial charge in [0.25, 0.3) is 0 Å². The number of Topliss-reactive ketones (excluding diaryl/α,β-unsaturated/α-hetero) is 1. The van der Waals surface area contributed by atoms with Gasteiger partial charge < -0.3 is 0 Å². The average Bonchev–Trinajstić information content (AvgIpc) is 2.39. The van der Waals surface area contributed by atoms with Gasteiger partial charge in [0.1, 0.15) is 5.78 Å². The minimum atomic E-state index is -3.10. The van der Waals surface area contributed by atoms with Crippen molar-refractivity contribution in [3.8, 4) is 0 Å². The molecule has 1 aliphatic carbocycles. The van der Waals surface area contributed by atoms with Crippen molar-refractivity contribution in [3.05, 3.63) is 0 Å². The molecule has 0 amide bonds. The highest BCUT2D eigenvalue weighted by Gasteiger charge is 2.28. The maximum absolute atomic E-state index is 12.2. The third-order valence-electron chi connectivity index (χ3n) is 4.71. The van der Waals surface area contributed by atoms with Gasteiger partial charge in [-0.3, -0.25) is 4.79 Å². The first-order valence-electron chi connectivity index (χ1n) is 7.92. The third kappa shape index (κ3) is 4.85. The van der Waals surface area contributed by atoms with Gasteiger partial charge >= 0.3 is 0 Å². The molecule has 0 N–H and O–H groups in total. The van der Waals surface area contributed by atoms with E-state index in [-0.39, 0.29) is 5.92 Å². The maximum Gasteiger partial charge on any atom is 0.211 e. The van der Waals surface area contributed by atoms with Crippen LogP contribution in [0.5, 0.6) is 0 Å². The van der Waals surface area contributed by atoms with E-state index in [0.29, 0.717) is 31.2 Å². The average molecular weight is 301 g/mol. The molecule has 0 spiro atoms. The molecule has 2 fully saturated rings. The van der Waals surface area contributed by atoms with Crippen molar-refractivity contribution in [1.29, 1.82) is 0 Å². The van der Waals surface area contributed by atoms with Gasteiger partial charge in [0.2, 0.25) is 10.0 Å². The molecule has 1 saturated heterocycles. The summed E-state index contributed by atoms with van der Waals surface area (Å²) in [5.74, 6) is 1.16. The number of rotatable bonds is 5. The number of sulfonamides is 1. The van der Waals surface area contributed by atoms with Crippen molar-refractivity contribution >= 4 is 15.8 Å². The first-order valence-corrected chi connectivity index (χ1v) is 9.77. The van der Waals surface area contributed by atoms with Crippen LogP contribution in [0.3, 0.4) is 0 Å². The Morgan fingerprint density at radius 1 is 1.00 bits per heavy atom. The van der Waals surface area contributed by atoms with Crippen LogP contribution < -0.4 is 0 Å². The molecular weight excluding hydrogens is 274 g/mol. The van der Waals surface area contributed by atoms with Crippen molar-refractivity contribution in [2.24, 2.45) is 11.8 Å². The Balaban J connectivity index is 1.78. The molecule has 116 valence electrons. The van der Waals surface area contributed by atoms with Crippen molar-refractivity contribution in [1.82, 2.24) is 4.31 Å². The largest absolute Gasteiger partial charge is 0.300 e. The highest BCUT2D eigenvalue weighted by molar-refractivity contribution is 7.88. The summed E-state index contributed by atoms with van der Waals surface area (Å²) >= 11 is 0. The van der Waals surface area contributed by atoms with Crippen molar-refractivity contribution < 1.29 is 13.2 Å². The molecule has 1 aliphatic heterocycles. The van der Waals surface area contributed by atoms with Crippen molar-refractivity contribution in [2.75, 3.05) is 19.3 Å². The molecule has 0 aromatic heterocycles. The van der Waals surface area contributed by atoms with Crippen LogP contribution in [0.1, 0.15) is 57.8 Å². The van der Waals surface area contributed by atoms with Crippen LogP contribution >= 0.6 is 0 Å². The molecule has 0 bridgehead atoms. The minimum Gasteiger partial charge on any atom is -0.300 e. The lowest BCUT2D eigenvalue weighted by Gasteiger charge is -2.31. The highest BCUT2D eigenvalue weighted by Crippen LogP contribution is 2.28. The number of ketones is 1. The van der Waals surface area contributed by atoms with Gasteiger partial charge in [-0.25, -0.2) is 12.7 Å². The van der Waals surface area contributed by atoms with Crippen LogP contribution in [0.25, 0.3) is 0 Å². The summed E-state index contributed by atoms with van der Waals surface area (Å²) in [5, 5.41) is 0. The standard InChI is InChI=1S/C15H27NO3S/c1-20(18,19)16-9-5-8-14(12-16)11-15(17)10-13-6-3-2-4-7-13/h13-14H,2-12H2,1H3. The highest BCUT2D eigenvalue weighted by atomic mass is 32.2. The number of hydrogen-bond acceptors (Lipinski definition) is 3. The zero-order chi connectivity index (χ0) is 14.6. The fraction of sp³-hybridized carbons (Fsp3) is 0.933. The number of nitrogens with zero attached hydrogens (tertiary/aromatic N) is 1. The maximum atomic E-state index is 12.2. The normalized spacial score (nSPS) is 26.6. The van der Waals surface area contributed by atoms with Gasteiger partial charge in [-0.1, -0.05) is 32.1 Å². The Morgan fingerprint density at radius 3 is 2.25 bits per heavy atom. The molecule has 1 atom stereocenters. The van der Waals surface area contributed by atoms with Gasteiger partial charge in [0, 0.05) is 25.9 Å². The first-order chi connectivity index (χ1) is 9.45. The number of carbonyl (C=O) groups is 1. The Kier molecular flexibility index (Phi) is 5.61. The van der Waals surface area contributed by atoms with E-state index in [1.807, 2.05) is 0 Å². The van der Waals surface area contributed by atoms with E-state index in [1.54, 1.807) is 0 Å². The van der Waals surface area contributed by atoms with E-state index in [0.717, 1.165) is 19.3 Å². The lowest BCUT2D eigenvalue weighted by atomic mass is 9.83. The van der Waals surface area contributed by atoms with Crippen LogP contribution in [0.2, 0.25) is 0 Å². The first kappa shape index (κ1) is 16.0. The second kappa shape index (κ2) is 7.03. The molecule has 2 aliphatic rings. The van der Waals surface area contributed by atoms with Crippen molar-refractivity contribution in [2.45, 2.75) is 57.8 Å². The minimum absolute atomic E-state index is 0.231. The van der Waals surface area contributed by atoms with Crippen LogP contribution in [-0.2, 0) is 14.8 Å². The van der Waals surface area contributed by atoms with Crippen LogP contribution in [0.15, 0.2) is 0 Å². The Morgan fingerprint density at radius 2 is 1.60 bits per heavy atom. The van der Waals surface area contributed by atoms with E-state index in [1.165, 1.54) is 42.7 Å². The SMILES string of the molecule is CS(=O)(=O)N1CCCC(CC(=O)CC2CCCCC2)C1. The molecular formula is C15H27NO3S. The van der Waals surface area contributed by atoms with Gasteiger partial charge in [0.05, 0.1) is 6.26 Å². The van der Waals surface area contributed by atoms with Crippen LogP contribution in [-0.4, -0.2) is 37.9 Å². The second-order valence-corrected chi connectivity index (χ2v) is 8.56. The van der Waals surface area contributed by atoms with Crippen LogP contribution in [0, 0.1) is 11.8 Å². The third-order valence-corrected chi connectivity index (χ3v) is 5.98. The number of carbonyl (C=O) groups excluding carboxylic acids is 1. The summed E-state index contributed by atoms with van der Waals surface area (Å²) in [4.78, 5) is 12.2. The van der Waals surface area contributed by atoms with Gasteiger partial charge in [-0.05, 0) is 24.7 Å². The second-order valence-electron chi connectivity index (χ2n) is 6.58. The topological polar surface area (TPSA) is 54.5 Å². The number of hydrogen-bond donors (Lipinski definition) is 0. The Bertz CT molecular complexity index is 426. The Labute approximate surface area is 123 Å². The Hall–Kier alpha value is -0.420. The van der Waals surface area contributed by atoms with Gasteiger partial charge in [0.15, 0.2) is 0 Å². The predicted octanol–water partition coefficient (Wildman–Crippen LogP) is 2.59. The fourth-order valence-corrected chi connectivity index (χ4v) is 4.56. The fourth-order valence-electron chi connectivity index (χ4n) is 3.61. The smallest absolute Gasteiger partial charge is 0.211 e. The van der Waals surface area contributed by atoms with Gasteiger partial charge in [-0.15, -0.1) is 0 Å². The predicted molar refractivity (Wildman–Crippen MR) is 80.0 cm³/mol. The molecule has 0 radical (unpaired) electrons. The number of piperidine rings is 1. The monoisotopic (exact) mass is 301 g/mol. The quantitative estimate of drug-likeness (QED) is 0.784. The zero-order valence-corrected chi connectivity index (χ0v) is 13.3. The van der Waals surface area contributed by atoms with E-state index >= 15 is 0 Å². The van der Waals surface area contributed by atoms with E-state index < -0.39 is 10.0 Å². The van der Waals surface area contributed by atoms with Gasteiger partial charge in [-0.2, -0.15) is 0 Å². The van der Waals surface area contributed by atoms with Crippen molar-refractivity contribution in [3.63, 3.8) is 0 Å². The summed E-state index contributed by atoms with van der Waals surface area (Å²) in [6.45, 7) is 1.15. The molecule has 0 aromatic carbocycles. The summed E-state index contributed by atoms with van der Waals surface area (Å²) in [7, 11) is -3.10. The molecule has 1 unspecified atom stereocenters. The van der Waals surface area contributed by atoms with Crippen LogP contribution in [0.4, 0.5) is 0 Å². The van der Waals surface area contributed by atoms with E-state index in [2.05, 4.69) is 0 Å². The molecule has 0 aromatic rings. The molecule has 1 heterocycles. The summed E-state index contributed by atoms with van der Waals surface area (Å²) < 4.78 is 24.7. The molecule has 5 heteroatoms. The summed E-state index contributed by atoms with van der Waals surface area (Å²) in [5.41, 5.74) is 0. The zero-order valence-electron chi connectivity index (χ0n) is 12.5. The molecule has 2 rings (SSSR count). The molecule has 1 saturated carbocycles. The lowest BCUT2D eigenvalue weighted by molar-refractivity contribution is -0.121. The lowest BCUT2D eigenvalue weighted by Crippen LogP contribution is -2.39.